The fraction of sp³-hybridized carbons (Fsp3) is 0.500. The number of imidazole rings is 1. The molecule has 14 heavy (non-hydrogen) atoms. The first-order chi connectivity index (χ1) is 6.65. The van der Waals surface area contributed by atoms with E-state index in [4.69, 9.17) is 0 Å². The fourth-order valence-electron chi connectivity index (χ4n) is 0.946. The molecular weight excluding hydrogens is 204 g/mol. The second-order valence-corrected chi connectivity index (χ2v) is 3.96. The minimum Gasteiger partial charge on any atom is -0.465 e. The smallest absolute Gasteiger partial charge is 0.319 e. The van der Waals surface area contributed by atoms with E-state index in [0.717, 1.165) is 0 Å². The van der Waals surface area contributed by atoms with Crippen LogP contribution in [0.1, 0.15) is 6.92 Å². The molecule has 0 N–H and O–H groups in total. The maximum absolute atomic E-state index is 11.5. The maximum atomic E-state index is 11.5. The number of rotatable bonds is 4. The van der Waals surface area contributed by atoms with Crippen LogP contribution in [0.2, 0.25) is 0 Å². The Labute approximate surface area is 84.5 Å². The van der Waals surface area contributed by atoms with E-state index in [1.165, 1.54) is 0 Å². The van der Waals surface area contributed by atoms with Gasteiger partial charge in [-0.25, -0.2) is 4.98 Å². The van der Waals surface area contributed by atoms with Gasteiger partial charge in [0.15, 0.2) is 5.16 Å². The third-order valence-corrected chi connectivity index (χ3v) is 2.83. The molecule has 0 fully saturated rings. The Balaban J connectivity index is 2.59. The minimum atomic E-state index is -1.42. The highest BCUT2D eigenvalue weighted by atomic mass is 32.2. The molecule has 0 radical (unpaired) electrons. The molecule has 0 unspecified atom stereocenters. The largest absolute Gasteiger partial charge is 0.465 e. The predicted molar refractivity (Wildman–Crippen MR) is 51.1 cm³/mol. The van der Waals surface area contributed by atoms with Gasteiger partial charge in [-0.2, -0.15) is 0 Å². The van der Waals surface area contributed by atoms with E-state index in [-0.39, 0.29) is 5.75 Å². The number of aryl methyl sites for hydroxylation is 1. The van der Waals surface area contributed by atoms with Gasteiger partial charge in [0, 0.05) is 19.4 Å². The van der Waals surface area contributed by atoms with Crippen molar-refractivity contribution in [3.05, 3.63) is 12.4 Å². The summed E-state index contributed by atoms with van der Waals surface area (Å²) < 4.78 is 17.8. The molecule has 1 aromatic rings. The van der Waals surface area contributed by atoms with E-state index in [0.29, 0.717) is 11.8 Å². The van der Waals surface area contributed by atoms with Gasteiger partial charge in [0.25, 0.3) is 0 Å². The summed E-state index contributed by atoms with van der Waals surface area (Å²) in [6.45, 7) is 2.01. The zero-order valence-electron chi connectivity index (χ0n) is 8.10. The zero-order valence-corrected chi connectivity index (χ0v) is 8.91. The van der Waals surface area contributed by atoms with Gasteiger partial charge in [-0.1, -0.05) is 0 Å². The molecule has 0 aliphatic rings. The highest BCUT2D eigenvalue weighted by Gasteiger charge is 2.14. The Bertz CT molecular complexity index is 348. The van der Waals surface area contributed by atoms with Crippen LogP contribution in [0.5, 0.6) is 0 Å². The lowest BCUT2D eigenvalue weighted by atomic mass is 10.8. The fourth-order valence-corrected chi connectivity index (χ4v) is 1.93. The Morgan fingerprint density at radius 2 is 2.43 bits per heavy atom. The molecule has 1 rings (SSSR count). The van der Waals surface area contributed by atoms with Gasteiger partial charge in [-0.3, -0.25) is 9.00 Å². The molecule has 0 saturated carbocycles. The van der Waals surface area contributed by atoms with Crippen molar-refractivity contribution >= 4 is 16.8 Å². The second kappa shape index (κ2) is 4.90. The van der Waals surface area contributed by atoms with Gasteiger partial charge in [0.1, 0.15) is 16.6 Å². The van der Waals surface area contributed by atoms with Crippen LogP contribution >= 0.6 is 0 Å². The number of ether oxygens (including phenoxy) is 1. The topological polar surface area (TPSA) is 61.2 Å². The maximum Gasteiger partial charge on any atom is 0.319 e. The third-order valence-electron chi connectivity index (χ3n) is 1.53. The third kappa shape index (κ3) is 2.66. The first kappa shape index (κ1) is 10.9. The van der Waals surface area contributed by atoms with E-state index in [1.54, 1.807) is 30.9 Å². The van der Waals surface area contributed by atoms with E-state index in [2.05, 4.69) is 9.72 Å². The molecule has 1 heterocycles. The van der Waals surface area contributed by atoms with E-state index >= 15 is 0 Å². The zero-order chi connectivity index (χ0) is 10.6. The van der Waals surface area contributed by atoms with Crippen molar-refractivity contribution in [3.63, 3.8) is 0 Å². The lowest BCUT2D eigenvalue weighted by molar-refractivity contribution is -0.139. The van der Waals surface area contributed by atoms with Crippen molar-refractivity contribution in [2.45, 2.75) is 12.1 Å². The van der Waals surface area contributed by atoms with Gasteiger partial charge in [-0.05, 0) is 6.92 Å². The summed E-state index contributed by atoms with van der Waals surface area (Å²) in [6, 6.07) is 0. The van der Waals surface area contributed by atoms with Crippen LogP contribution in [0.3, 0.4) is 0 Å². The predicted octanol–water partition coefficient (Wildman–Crippen LogP) is 0.0908. The van der Waals surface area contributed by atoms with Crippen LogP contribution in [0, 0.1) is 0 Å². The first-order valence-electron chi connectivity index (χ1n) is 4.16. The minimum absolute atomic E-state index is 0.140. The molecule has 6 heteroatoms. The van der Waals surface area contributed by atoms with Gasteiger partial charge in [0.2, 0.25) is 0 Å². The molecule has 5 nitrogen and oxygen atoms in total. The van der Waals surface area contributed by atoms with Gasteiger partial charge < -0.3 is 9.30 Å². The number of carbonyl (C=O) groups is 1. The monoisotopic (exact) mass is 216 g/mol. The summed E-state index contributed by atoms with van der Waals surface area (Å²) in [4.78, 5) is 14.9. The van der Waals surface area contributed by atoms with E-state index < -0.39 is 16.8 Å². The Kier molecular flexibility index (Phi) is 3.82. The molecule has 0 spiro atoms. The molecule has 0 saturated heterocycles. The number of esters is 1. The molecule has 0 amide bonds. The number of nitrogens with zero attached hydrogens (tertiary/aromatic N) is 2. The number of aromatic nitrogens is 2. The molecule has 78 valence electrons. The van der Waals surface area contributed by atoms with Crippen molar-refractivity contribution in [1.82, 2.24) is 9.55 Å². The van der Waals surface area contributed by atoms with E-state index in [9.17, 15) is 9.00 Å². The molecule has 0 aliphatic heterocycles. The summed E-state index contributed by atoms with van der Waals surface area (Å²) in [6.07, 6.45) is 3.22. The molecule has 0 bridgehead atoms. The molecular formula is C8H12N2O3S. The van der Waals surface area contributed by atoms with Crippen molar-refractivity contribution in [3.8, 4) is 0 Å². The van der Waals surface area contributed by atoms with Crippen molar-refractivity contribution < 1.29 is 13.7 Å². The Hall–Kier alpha value is -1.17. The number of carbonyl (C=O) groups excluding carboxylic acids is 1. The second-order valence-electron chi connectivity index (χ2n) is 2.62. The average molecular weight is 216 g/mol. The SMILES string of the molecule is CCOC(=O)C[S@](=O)c1nccn1C. The van der Waals surface area contributed by atoms with E-state index in [1.807, 2.05) is 0 Å². The lowest BCUT2D eigenvalue weighted by Crippen LogP contribution is -2.16. The molecule has 1 aromatic heterocycles. The highest BCUT2D eigenvalue weighted by molar-refractivity contribution is 7.85. The highest BCUT2D eigenvalue weighted by Crippen LogP contribution is 2.02. The average Bonchev–Trinajstić information content (AvgIpc) is 2.51. The molecule has 0 aliphatic carbocycles. The first-order valence-corrected chi connectivity index (χ1v) is 5.48. The summed E-state index contributed by atoms with van der Waals surface area (Å²) in [7, 11) is 0.309. The number of hydrogen-bond acceptors (Lipinski definition) is 4. The quantitative estimate of drug-likeness (QED) is 0.669. The summed E-state index contributed by atoms with van der Waals surface area (Å²) in [5, 5.41) is 0.387. The summed E-state index contributed by atoms with van der Waals surface area (Å²) >= 11 is 0. The van der Waals surface area contributed by atoms with Crippen LogP contribution in [0.4, 0.5) is 0 Å². The normalized spacial score (nSPS) is 12.4. The van der Waals surface area contributed by atoms with Crippen LogP contribution in [0.15, 0.2) is 17.6 Å². The lowest BCUT2D eigenvalue weighted by Gasteiger charge is -2.01. The van der Waals surface area contributed by atoms with Crippen molar-refractivity contribution in [2.75, 3.05) is 12.4 Å². The van der Waals surface area contributed by atoms with Crippen LogP contribution in [0.25, 0.3) is 0 Å². The van der Waals surface area contributed by atoms with Gasteiger partial charge >= 0.3 is 5.97 Å². The number of hydrogen-bond donors (Lipinski definition) is 0. The molecule has 0 aromatic carbocycles. The standard InChI is InChI=1S/C8H12N2O3S/c1-3-13-7(11)6-14(12)8-9-4-5-10(8)2/h4-5H,3,6H2,1-2H3/t14-/m0/s1. The van der Waals surface area contributed by atoms with Crippen molar-refractivity contribution in [1.29, 1.82) is 0 Å². The van der Waals surface area contributed by atoms with Crippen LogP contribution in [-0.4, -0.2) is 32.1 Å². The van der Waals surface area contributed by atoms with Crippen LogP contribution in [-0.2, 0) is 27.4 Å². The Morgan fingerprint density at radius 1 is 1.71 bits per heavy atom. The summed E-state index contributed by atoms with van der Waals surface area (Å²) in [5.41, 5.74) is 0. The van der Waals surface area contributed by atoms with Gasteiger partial charge in [0.05, 0.1) is 6.61 Å². The van der Waals surface area contributed by atoms with Crippen molar-refractivity contribution in [2.24, 2.45) is 7.05 Å². The molecule has 1 atom stereocenters. The van der Waals surface area contributed by atoms with Gasteiger partial charge in [-0.15, -0.1) is 0 Å². The Morgan fingerprint density at radius 3 is 2.93 bits per heavy atom. The van der Waals surface area contributed by atoms with Crippen LogP contribution < -0.4 is 0 Å². The summed E-state index contributed by atoms with van der Waals surface area (Å²) in [5.74, 6) is -0.604.